The predicted octanol–water partition coefficient (Wildman–Crippen LogP) is 5.99. The van der Waals surface area contributed by atoms with E-state index < -0.39 is 0 Å². The van der Waals surface area contributed by atoms with Crippen molar-refractivity contribution < 1.29 is 9.84 Å². The van der Waals surface area contributed by atoms with Crippen LogP contribution in [0, 0.1) is 5.92 Å². The Morgan fingerprint density at radius 3 is 2.85 bits per heavy atom. The van der Waals surface area contributed by atoms with Crippen molar-refractivity contribution in [1.29, 1.82) is 0 Å². The van der Waals surface area contributed by atoms with Gasteiger partial charge in [-0.3, -0.25) is 0 Å². The molecule has 0 amide bonds. The summed E-state index contributed by atoms with van der Waals surface area (Å²) < 4.78 is 5.78. The summed E-state index contributed by atoms with van der Waals surface area (Å²) in [6, 6.07) is 11.6. The topological polar surface area (TPSA) is 80.2 Å². The van der Waals surface area contributed by atoms with Crippen molar-refractivity contribution in [3.63, 3.8) is 0 Å². The molecule has 0 spiro atoms. The number of halogens is 1. The Hall–Kier alpha value is -2.65. The highest BCUT2D eigenvalue weighted by molar-refractivity contribution is 7.80. The number of ether oxygens (including phenoxy) is 1. The molecule has 33 heavy (non-hydrogen) atoms. The number of hydrogen-bond donors (Lipinski definition) is 2. The number of thiazole rings is 1. The molecule has 1 unspecified atom stereocenters. The fourth-order valence-corrected chi connectivity index (χ4v) is 4.58. The Balaban J connectivity index is 1.50. The maximum Gasteiger partial charge on any atom is 0.141 e. The van der Waals surface area contributed by atoms with Crippen LogP contribution in [0.2, 0.25) is 5.02 Å². The maximum absolute atomic E-state index is 9.27. The van der Waals surface area contributed by atoms with Gasteiger partial charge < -0.3 is 15.2 Å². The van der Waals surface area contributed by atoms with E-state index in [9.17, 15) is 5.11 Å². The summed E-state index contributed by atoms with van der Waals surface area (Å²) in [6.07, 6.45) is 4.67. The number of nitrogens with one attached hydrogen (secondary N) is 1. The van der Waals surface area contributed by atoms with Gasteiger partial charge in [0.15, 0.2) is 0 Å². The van der Waals surface area contributed by atoms with Gasteiger partial charge in [-0.05, 0) is 53.1 Å². The molecule has 4 aromatic rings. The van der Waals surface area contributed by atoms with Crippen molar-refractivity contribution in [2.75, 3.05) is 11.9 Å². The Labute approximate surface area is 206 Å². The molecule has 0 aliphatic rings. The van der Waals surface area contributed by atoms with E-state index >= 15 is 0 Å². The standard InChI is InChI=1S/C24H23ClN4O2S2/c1-15(12-30)8-18(32)9-16-2-4-21-19(10-16)24(28-14-27-21)29-17-3-5-22(20(25)11-17)31-13-23-26-6-7-33-23/h2-7,10-11,14-15,30H,8-9,12-13H2,1H3,(H,27,28,29). The number of benzene rings is 2. The van der Waals surface area contributed by atoms with Crippen molar-refractivity contribution in [2.45, 2.75) is 26.4 Å². The Bertz CT molecular complexity index is 1250. The molecule has 2 aromatic carbocycles. The first-order chi connectivity index (χ1) is 16.0. The van der Waals surface area contributed by atoms with E-state index in [2.05, 4.69) is 26.3 Å². The molecule has 0 radical (unpaired) electrons. The molecule has 0 saturated heterocycles. The first-order valence-corrected chi connectivity index (χ1v) is 12.1. The lowest BCUT2D eigenvalue weighted by Crippen LogP contribution is -2.09. The minimum absolute atomic E-state index is 0.136. The smallest absolute Gasteiger partial charge is 0.141 e. The molecule has 4 rings (SSSR count). The number of aliphatic hydroxyl groups excluding tert-OH is 1. The van der Waals surface area contributed by atoms with Gasteiger partial charge in [0.25, 0.3) is 0 Å². The van der Waals surface area contributed by atoms with E-state index in [1.807, 2.05) is 42.6 Å². The minimum atomic E-state index is 0.136. The quantitative estimate of drug-likeness (QED) is 0.260. The Morgan fingerprint density at radius 1 is 1.21 bits per heavy atom. The zero-order chi connectivity index (χ0) is 23.2. The third-order valence-corrected chi connectivity index (χ3v) is 6.38. The maximum atomic E-state index is 9.27. The molecular formula is C24H23ClN4O2S2. The molecule has 0 fully saturated rings. The molecule has 0 aliphatic heterocycles. The van der Waals surface area contributed by atoms with Gasteiger partial charge in [-0.25, -0.2) is 15.0 Å². The van der Waals surface area contributed by atoms with Crippen LogP contribution in [0.5, 0.6) is 5.75 Å². The van der Waals surface area contributed by atoms with Crippen LogP contribution in [0.4, 0.5) is 11.5 Å². The normalized spacial score (nSPS) is 12.0. The zero-order valence-electron chi connectivity index (χ0n) is 18.0. The van der Waals surface area contributed by atoms with Gasteiger partial charge in [0.05, 0.1) is 10.5 Å². The monoisotopic (exact) mass is 498 g/mol. The lowest BCUT2D eigenvalue weighted by Gasteiger charge is -2.13. The number of thiocarbonyl (C=S) groups is 1. The van der Waals surface area contributed by atoms with E-state index in [0.29, 0.717) is 29.6 Å². The Morgan fingerprint density at radius 2 is 2.09 bits per heavy atom. The van der Waals surface area contributed by atoms with Crippen LogP contribution < -0.4 is 10.1 Å². The fourth-order valence-electron chi connectivity index (χ4n) is 3.36. The molecule has 2 N–H and O–H groups in total. The molecule has 2 aromatic heterocycles. The summed E-state index contributed by atoms with van der Waals surface area (Å²) in [5.74, 6) is 1.44. The second kappa shape index (κ2) is 11.0. The molecule has 1 atom stereocenters. The van der Waals surface area contributed by atoms with Gasteiger partial charge in [0, 0.05) is 35.7 Å². The van der Waals surface area contributed by atoms with E-state index in [1.54, 1.807) is 6.20 Å². The van der Waals surface area contributed by atoms with Gasteiger partial charge in [-0.2, -0.15) is 0 Å². The van der Waals surface area contributed by atoms with Crippen LogP contribution in [0.25, 0.3) is 10.9 Å². The highest BCUT2D eigenvalue weighted by Crippen LogP contribution is 2.31. The van der Waals surface area contributed by atoms with Crippen LogP contribution in [0.3, 0.4) is 0 Å². The molecule has 9 heteroatoms. The van der Waals surface area contributed by atoms with Crippen molar-refractivity contribution in [3.05, 3.63) is 69.9 Å². The highest BCUT2D eigenvalue weighted by atomic mass is 35.5. The SMILES string of the molecule is CC(CO)CC(=S)Cc1ccc2ncnc(Nc3ccc(OCc4nccs4)c(Cl)c3)c2c1. The number of anilines is 2. The lowest BCUT2D eigenvalue weighted by atomic mass is 10.0. The van der Waals surface area contributed by atoms with Crippen LogP contribution in [0.1, 0.15) is 23.9 Å². The summed E-state index contributed by atoms with van der Waals surface area (Å²) in [6.45, 7) is 2.50. The van der Waals surface area contributed by atoms with E-state index in [0.717, 1.165) is 38.4 Å². The molecule has 0 bridgehead atoms. The fraction of sp³-hybridized carbons (Fsp3) is 0.250. The number of fused-ring (bicyclic) bond motifs is 1. The molecule has 0 saturated carbocycles. The minimum Gasteiger partial charge on any atom is -0.485 e. The average molecular weight is 499 g/mol. The second-order valence-corrected chi connectivity index (χ2v) is 9.73. The van der Waals surface area contributed by atoms with E-state index in [4.69, 9.17) is 28.6 Å². The van der Waals surface area contributed by atoms with Crippen LogP contribution >= 0.6 is 35.2 Å². The van der Waals surface area contributed by atoms with Crippen LogP contribution in [0.15, 0.2) is 54.3 Å². The summed E-state index contributed by atoms with van der Waals surface area (Å²) in [5.41, 5.74) is 2.71. The van der Waals surface area contributed by atoms with E-state index in [1.165, 1.54) is 17.7 Å². The average Bonchev–Trinajstić information content (AvgIpc) is 3.32. The first kappa shape index (κ1) is 23.5. The summed E-state index contributed by atoms with van der Waals surface area (Å²) in [4.78, 5) is 13.9. The summed E-state index contributed by atoms with van der Waals surface area (Å²) in [7, 11) is 0. The lowest BCUT2D eigenvalue weighted by molar-refractivity contribution is 0.241. The third-order valence-electron chi connectivity index (χ3n) is 5.02. The second-order valence-electron chi connectivity index (χ2n) is 7.77. The van der Waals surface area contributed by atoms with Gasteiger partial charge in [-0.1, -0.05) is 36.8 Å². The summed E-state index contributed by atoms with van der Waals surface area (Å²) >= 11 is 13.5. The predicted molar refractivity (Wildman–Crippen MR) is 138 cm³/mol. The van der Waals surface area contributed by atoms with Crippen LogP contribution in [-0.4, -0.2) is 31.5 Å². The first-order valence-electron chi connectivity index (χ1n) is 10.5. The molecule has 2 heterocycles. The third kappa shape index (κ3) is 6.23. The molecule has 170 valence electrons. The van der Waals surface area contributed by atoms with Crippen LogP contribution in [-0.2, 0) is 13.0 Å². The van der Waals surface area contributed by atoms with Crippen molar-refractivity contribution in [3.8, 4) is 5.75 Å². The van der Waals surface area contributed by atoms with Gasteiger partial charge in [-0.15, -0.1) is 11.3 Å². The van der Waals surface area contributed by atoms with Gasteiger partial charge in [0.1, 0.15) is 29.5 Å². The van der Waals surface area contributed by atoms with Crippen molar-refractivity contribution >= 4 is 62.4 Å². The van der Waals surface area contributed by atoms with Crippen molar-refractivity contribution in [1.82, 2.24) is 15.0 Å². The molecule has 6 nitrogen and oxygen atoms in total. The van der Waals surface area contributed by atoms with Crippen molar-refractivity contribution in [2.24, 2.45) is 5.92 Å². The number of rotatable bonds is 10. The molecular weight excluding hydrogens is 476 g/mol. The van der Waals surface area contributed by atoms with Gasteiger partial charge in [0.2, 0.25) is 0 Å². The van der Waals surface area contributed by atoms with E-state index in [-0.39, 0.29) is 12.5 Å². The number of hydrogen-bond acceptors (Lipinski definition) is 8. The zero-order valence-corrected chi connectivity index (χ0v) is 20.4. The van der Waals surface area contributed by atoms with Gasteiger partial charge >= 0.3 is 0 Å². The number of aromatic nitrogens is 3. The Kier molecular flexibility index (Phi) is 7.82. The number of nitrogens with zero attached hydrogens (tertiary/aromatic N) is 3. The number of aliphatic hydroxyl groups is 1. The largest absolute Gasteiger partial charge is 0.485 e. The summed E-state index contributed by atoms with van der Waals surface area (Å²) in [5, 5.41) is 16.8. The highest BCUT2D eigenvalue weighted by Gasteiger charge is 2.11. The molecule has 0 aliphatic carbocycles.